The Morgan fingerprint density at radius 1 is 1.50 bits per heavy atom. The summed E-state index contributed by atoms with van der Waals surface area (Å²) >= 11 is 0. The van der Waals surface area contributed by atoms with Gasteiger partial charge in [0, 0.05) is 6.04 Å². The molecule has 0 saturated carbocycles. The molecule has 1 aliphatic rings. The van der Waals surface area contributed by atoms with E-state index in [0.29, 0.717) is 6.04 Å². The Balaban J connectivity index is 2.33. The maximum atomic E-state index is 3.48. The molecule has 10 heavy (non-hydrogen) atoms. The largest absolute Gasteiger partial charge is 0.311 e. The molecule has 0 aliphatic carbocycles. The SMILES string of the molecule is CCC1/C=C\CCCCN1. The van der Waals surface area contributed by atoms with Crippen LogP contribution in [0.25, 0.3) is 0 Å². The third-order valence-electron chi connectivity index (χ3n) is 2.01. The van der Waals surface area contributed by atoms with Crippen LogP contribution >= 0.6 is 0 Å². The third-order valence-corrected chi connectivity index (χ3v) is 2.01. The van der Waals surface area contributed by atoms with E-state index in [0.717, 1.165) is 0 Å². The third kappa shape index (κ3) is 2.53. The molecule has 0 saturated heterocycles. The molecule has 0 bridgehead atoms. The summed E-state index contributed by atoms with van der Waals surface area (Å²) in [4.78, 5) is 0. The summed E-state index contributed by atoms with van der Waals surface area (Å²) in [6.45, 7) is 3.42. The highest BCUT2D eigenvalue weighted by Crippen LogP contribution is 2.03. The second-order valence-corrected chi connectivity index (χ2v) is 2.89. The van der Waals surface area contributed by atoms with Crippen LogP contribution in [-0.4, -0.2) is 12.6 Å². The number of rotatable bonds is 1. The van der Waals surface area contributed by atoms with E-state index in [-0.39, 0.29) is 0 Å². The quantitative estimate of drug-likeness (QED) is 0.548. The van der Waals surface area contributed by atoms with Crippen LogP contribution in [0.1, 0.15) is 32.6 Å². The maximum absolute atomic E-state index is 3.48. The van der Waals surface area contributed by atoms with E-state index < -0.39 is 0 Å². The highest BCUT2D eigenvalue weighted by atomic mass is 14.9. The molecule has 1 atom stereocenters. The fourth-order valence-electron chi connectivity index (χ4n) is 1.28. The lowest BCUT2D eigenvalue weighted by Crippen LogP contribution is -2.28. The van der Waals surface area contributed by atoms with Crippen LogP contribution in [0.5, 0.6) is 0 Å². The van der Waals surface area contributed by atoms with Gasteiger partial charge >= 0.3 is 0 Å². The van der Waals surface area contributed by atoms with Crippen molar-refractivity contribution in [2.24, 2.45) is 0 Å². The topological polar surface area (TPSA) is 12.0 Å². The lowest BCUT2D eigenvalue weighted by Gasteiger charge is -2.14. The Kier molecular flexibility index (Phi) is 3.52. The van der Waals surface area contributed by atoms with Gasteiger partial charge in [0.15, 0.2) is 0 Å². The van der Waals surface area contributed by atoms with E-state index >= 15 is 0 Å². The second-order valence-electron chi connectivity index (χ2n) is 2.89. The Morgan fingerprint density at radius 2 is 2.40 bits per heavy atom. The van der Waals surface area contributed by atoms with Gasteiger partial charge in [-0.3, -0.25) is 0 Å². The van der Waals surface area contributed by atoms with E-state index in [1.807, 2.05) is 0 Å². The van der Waals surface area contributed by atoms with Crippen LogP contribution in [0.15, 0.2) is 12.2 Å². The van der Waals surface area contributed by atoms with E-state index in [9.17, 15) is 0 Å². The van der Waals surface area contributed by atoms with Gasteiger partial charge in [0.2, 0.25) is 0 Å². The molecule has 58 valence electrons. The van der Waals surface area contributed by atoms with Gasteiger partial charge in [0.25, 0.3) is 0 Å². The molecule has 1 rings (SSSR count). The van der Waals surface area contributed by atoms with Crippen LogP contribution in [0, 0.1) is 0 Å². The molecule has 1 N–H and O–H groups in total. The van der Waals surface area contributed by atoms with Gasteiger partial charge in [-0.05, 0) is 32.2 Å². The van der Waals surface area contributed by atoms with Crippen LogP contribution in [0.2, 0.25) is 0 Å². The maximum Gasteiger partial charge on any atom is 0.0247 e. The number of hydrogen-bond donors (Lipinski definition) is 1. The minimum Gasteiger partial charge on any atom is -0.311 e. The number of nitrogens with one attached hydrogen (secondary N) is 1. The second kappa shape index (κ2) is 4.51. The van der Waals surface area contributed by atoms with E-state index in [4.69, 9.17) is 0 Å². The van der Waals surface area contributed by atoms with Crippen molar-refractivity contribution in [1.29, 1.82) is 0 Å². The molecule has 1 unspecified atom stereocenters. The van der Waals surface area contributed by atoms with Crippen molar-refractivity contribution in [2.75, 3.05) is 6.54 Å². The highest BCUT2D eigenvalue weighted by molar-refractivity contribution is 4.93. The predicted octanol–water partition coefficient (Wildman–Crippen LogP) is 2.09. The summed E-state index contributed by atoms with van der Waals surface area (Å²) < 4.78 is 0. The summed E-state index contributed by atoms with van der Waals surface area (Å²) in [5, 5.41) is 3.48. The zero-order chi connectivity index (χ0) is 7.23. The van der Waals surface area contributed by atoms with Gasteiger partial charge in [0.05, 0.1) is 0 Å². The Morgan fingerprint density at radius 3 is 3.20 bits per heavy atom. The summed E-state index contributed by atoms with van der Waals surface area (Å²) in [6, 6.07) is 0.639. The fraction of sp³-hybridized carbons (Fsp3) is 0.778. The van der Waals surface area contributed by atoms with E-state index in [1.165, 1.54) is 32.2 Å². The average molecular weight is 139 g/mol. The molecular weight excluding hydrogens is 122 g/mol. The first-order chi connectivity index (χ1) is 4.93. The van der Waals surface area contributed by atoms with E-state index in [1.54, 1.807) is 0 Å². The molecule has 1 nitrogen and oxygen atoms in total. The van der Waals surface area contributed by atoms with Crippen LogP contribution < -0.4 is 5.32 Å². The standard InChI is InChI=1S/C9H17N/c1-2-9-7-5-3-4-6-8-10-9/h5,7,9-10H,2-4,6,8H2,1H3/b7-5-. The smallest absolute Gasteiger partial charge is 0.0247 e. The normalized spacial score (nSPS) is 30.7. The lowest BCUT2D eigenvalue weighted by atomic mass is 10.1. The molecule has 0 aromatic carbocycles. The Hall–Kier alpha value is -0.300. The number of allylic oxidation sites excluding steroid dienone is 1. The van der Waals surface area contributed by atoms with Crippen LogP contribution in [0.3, 0.4) is 0 Å². The molecule has 0 radical (unpaired) electrons. The van der Waals surface area contributed by atoms with E-state index in [2.05, 4.69) is 24.4 Å². The summed E-state index contributed by atoms with van der Waals surface area (Å²) in [5.74, 6) is 0. The first kappa shape index (κ1) is 7.80. The van der Waals surface area contributed by atoms with Crippen molar-refractivity contribution in [3.63, 3.8) is 0 Å². The monoisotopic (exact) mass is 139 g/mol. The van der Waals surface area contributed by atoms with Crippen molar-refractivity contribution < 1.29 is 0 Å². The van der Waals surface area contributed by atoms with Gasteiger partial charge in [0.1, 0.15) is 0 Å². The molecule has 1 heteroatoms. The summed E-state index contributed by atoms with van der Waals surface area (Å²) in [6.07, 6.45) is 9.79. The highest BCUT2D eigenvalue weighted by Gasteiger charge is 2.01. The summed E-state index contributed by atoms with van der Waals surface area (Å²) in [7, 11) is 0. The molecule has 1 aliphatic heterocycles. The zero-order valence-corrected chi connectivity index (χ0v) is 6.77. The van der Waals surface area contributed by atoms with Gasteiger partial charge in [-0.15, -0.1) is 0 Å². The molecule has 0 aromatic rings. The molecular formula is C9H17N. The lowest BCUT2D eigenvalue weighted by molar-refractivity contribution is 0.539. The first-order valence-corrected chi connectivity index (χ1v) is 4.33. The average Bonchev–Trinajstić information content (AvgIpc) is 1.87. The summed E-state index contributed by atoms with van der Waals surface area (Å²) in [5.41, 5.74) is 0. The van der Waals surface area contributed by atoms with Gasteiger partial charge in [-0.25, -0.2) is 0 Å². The number of hydrogen-bond acceptors (Lipinski definition) is 1. The molecule has 0 spiro atoms. The van der Waals surface area contributed by atoms with Crippen molar-refractivity contribution in [3.8, 4) is 0 Å². The molecule has 0 aromatic heterocycles. The minimum absolute atomic E-state index is 0.639. The molecule has 0 fully saturated rings. The molecule has 0 amide bonds. The van der Waals surface area contributed by atoms with Crippen LogP contribution in [-0.2, 0) is 0 Å². The predicted molar refractivity (Wildman–Crippen MR) is 45.1 cm³/mol. The Bertz CT molecular complexity index is 107. The Labute approximate surface area is 63.5 Å². The van der Waals surface area contributed by atoms with Crippen molar-refractivity contribution in [3.05, 3.63) is 12.2 Å². The van der Waals surface area contributed by atoms with Crippen molar-refractivity contribution in [2.45, 2.75) is 38.6 Å². The molecule has 1 heterocycles. The van der Waals surface area contributed by atoms with Gasteiger partial charge in [-0.2, -0.15) is 0 Å². The van der Waals surface area contributed by atoms with Gasteiger partial charge < -0.3 is 5.32 Å². The van der Waals surface area contributed by atoms with Crippen molar-refractivity contribution >= 4 is 0 Å². The van der Waals surface area contributed by atoms with Gasteiger partial charge in [-0.1, -0.05) is 19.1 Å². The van der Waals surface area contributed by atoms with Crippen molar-refractivity contribution in [1.82, 2.24) is 5.32 Å². The first-order valence-electron chi connectivity index (χ1n) is 4.33. The minimum atomic E-state index is 0.639. The van der Waals surface area contributed by atoms with Crippen LogP contribution in [0.4, 0.5) is 0 Å². The fourth-order valence-corrected chi connectivity index (χ4v) is 1.28. The zero-order valence-electron chi connectivity index (χ0n) is 6.77.